The Kier molecular flexibility index (Phi) is 2.91. The van der Waals surface area contributed by atoms with Crippen molar-refractivity contribution in [3.05, 3.63) is 34.4 Å². The first-order valence-electron chi connectivity index (χ1n) is 5.01. The van der Waals surface area contributed by atoms with Gasteiger partial charge in [-0.25, -0.2) is 0 Å². The zero-order valence-corrected chi connectivity index (χ0v) is 10.4. The van der Waals surface area contributed by atoms with Crippen LogP contribution in [0.15, 0.2) is 28.9 Å². The molecule has 0 unspecified atom stereocenters. The number of hydrogen-bond donors (Lipinski definition) is 1. The normalized spacial score (nSPS) is 10.6. The molecule has 2 aromatic rings. The molecule has 0 saturated carbocycles. The fraction of sp³-hybridized carbons (Fsp3) is 0.250. The lowest BCUT2D eigenvalue weighted by Gasteiger charge is -2.09. The van der Waals surface area contributed by atoms with Gasteiger partial charge in [0.1, 0.15) is 0 Å². The fourth-order valence-electron chi connectivity index (χ4n) is 1.68. The standard InChI is InChI=1S/C12H13BrN2/c1-3-14-11-6-7-15-12-8(2)10(13)5-4-9(11)12/h4-7H,3H2,1-2H3,(H,14,15). The van der Waals surface area contributed by atoms with Gasteiger partial charge in [0.25, 0.3) is 0 Å². The molecule has 0 aliphatic heterocycles. The van der Waals surface area contributed by atoms with Crippen LogP contribution in [0.4, 0.5) is 5.69 Å². The molecule has 0 aliphatic carbocycles. The summed E-state index contributed by atoms with van der Waals surface area (Å²) in [7, 11) is 0. The topological polar surface area (TPSA) is 24.9 Å². The van der Waals surface area contributed by atoms with Crippen molar-refractivity contribution in [1.82, 2.24) is 4.98 Å². The Bertz CT molecular complexity index is 494. The van der Waals surface area contributed by atoms with Crippen molar-refractivity contribution in [3.63, 3.8) is 0 Å². The predicted molar refractivity (Wildman–Crippen MR) is 68.3 cm³/mol. The number of nitrogens with zero attached hydrogens (tertiary/aromatic N) is 1. The molecule has 0 radical (unpaired) electrons. The Hall–Kier alpha value is -1.09. The smallest absolute Gasteiger partial charge is 0.0763 e. The van der Waals surface area contributed by atoms with Gasteiger partial charge in [-0.05, 0) is 37.6 Å². The molecule has 2 nitrogen and oxygen atoms in total. The van der Waals surface area contributed by atoms with Crippen LogP contribution in [-0.4, -0.2) is 11.5 Å². The first-order chi connectivity index (χ1) is 7.24. The minimum atomic E-state index is 0.925. The molecule has 0 fully saturated rings. The second kappa shape index (κ2) is 4.19. The van der Waals surface area contributed by atoms with Gasteiger partial charge in [-0.1, -0.05) is 15.9 Å². The molecule has 0 bridgehead atoms. The molecule has 0 atom stereocenters. The number of rotatable bonds is 2. The molecule has 1 N–H and O–H groups in total. The van der Waals surface area contributed by atoms with Crippen LogP contribution in [0.2, 0.25) is 0 Å². The summed E-state index contributed by atoms with van der Waals surface area (Å²) in [5.41, 5.74) is 3.40. The van der Waals surface area contributed by atoms with E-state index in [0.717, 1.165) is 22.2 Å². The first kappa shape index (κ1) is 10.4. The van der Waals surface area contributed by atoms with E-state index < -0.39 is 0 Å². The summed E-state index contributed by atoms with van der Waals surface area (Å²) in [5.74, 6) is 0. The van der Waals surface area contributed by atoms with E-state index in [1.54, 1.807) is 0 Å². The summed E-state index contributed by atoms with van der Waals surface area (Å²) in [5, 5.41) is 4.52. The SMILES string of the molecule is CCNc1ccnc2c(C)c(Br)ccc12. The van der Waals surface area contributed by atoms with Gasteiger partial charge in [0, 0.05) is 28.3 Å². The van der Waals surface area contributed by atoms with Crippen LogP contribution in [0.5, 0.6) is 0 Å². The highest BCUT2D eigenvalue weighted by Crippen LogP contribution is 2.28. The number of hydrogen-bond acceptors (Lipinski definition) is 2. The Morgan fingerprint density at radius 2 is 2.13 bits per heavy atom. The quantitative estimate of drug-likeness (QED) is 0.894. The number of fused-ring (bicyclic) bond motifs is 1. The minimum absolute atomic E-state index is 0.925. The largest absolute Gasteiger partial charge is 0.385 e. The third kappa shape index (κ3) is 1.84. The summed E-state index contributed by atoms with van der Waals surface area (Å²) in [4.78, 5) is 4.41. The fourth-order valence-corrected chi connectivity index (χ4v) is 2.00. The van der Waals surface area contributed by atoms with Crippen molar-refractivity contribution in [2.45, 2.75) is 13.8 Å². The maximum atomic E-state index is 4.41. The number of anilines is 1. The van der Waals surface area contributed by atoms with E-state index in [1.807, 2.05) is 12.3 Å². The van der Waals surface area contributed by atoms with Crippen molar-refractivity contribution in [2.24, 2.45) is 0 Å². The summed E-state index contributed by atoms with van der Waals surface area (Å²) in [6.45, 7) is 5.10. The Balaban J connectivity index is 2.72. The molecular formula is C12H13BrN2. The third-order valence-electron chi connectivity index (χ3n) is 2.47. The molecular weight excluding hydrogens is 252 g/mol. The van der Waals surface area contributed by atoms with E-state index in [2.05, 4.69) is 52.2 Å². The maximum absolute atomic E-state index is 4.41. The van der Waals surface area contributed by atoms with Crippen LogP contribution in [-0.2, 0) is 0 Å². The molecule has 0 spiro atoms. The summed E-state index contributed by atoms with van der Waals surface area (Å²) < 4.78 is 1.11. The van der Waals surface area contributed by atoms with Crippen LogP contribution >= 0.6 is 15.9 Å². The summed E-state index contributed by atoms with van der Waals surface area (Å²) in [6.07, 6.45) is 1.85. The van der Waals surface area contributed by atoms with Crippen molar-refractivity contribution >= 4 is 32.5 Å². The highest BCUT2D eigenvalue weighted by atomic mass is 79.9. The van der Waals surface area contributed by atoms with Gasteiger partial charge in [0.2, 0.25) is 0 Å². The zero-order valence-electron chi connectivity index (χ0n) is 8.84. The molecule has 1 aromatic carbocycles. The van der Waals surface area contributed by atoms with Crippen LogP contribution < -0.4 is 5.32 Å². The van der Waals surface area contributed by atoms with Crippen molar-refractivity contribution < 1.29 is 0 Å². The minimum Gasteiger partial charge on any atom is -0.385 e. The predicted octanol–water partition coefficient (Wildman–Crippen LogP) is 3.74. The molecule has 0 aliphatic rings. The second-order valence-electron chi connectivity index (χ2n) is 3.46. The molecule has 78 valence electrons. The molecule has 1 heterocycles. The summed E-state index contributed by atoms with van der Waals surface area (Å²) >= 11 is 3.52. The molecule has 0 amide bonds. The highest BCUT2D eigenvalue weighted by Gasteiger charge is 2.05. The van der Waals surface area contributed by atoms with Gasteiger partial charge in [-0.2, -0.15) is 0 Å². The Morgan fingerprint density at radius 3 is 2.87 bits per heavy atom. The van der Waals surface area contributed by atoms with Gasteiger partial charge in [-0.15, -0.1) is 0 Å². The van der Waals surface area contributed by atoms with Gasteiger partial charge in [0.15, 0.2) is 0 Å². The van der Waals surface area contributed by atoms with Crippen molar-refractivity contribution in [2.75, 3.05) is 11.9 Å². The van der Waals surface area contributed by atoms with E-state index >= 15 is 0 Å². The van der Waals surface area contributed by atoms with E-state index in [4.69, 9.17) is 0 Å². The van der Waals surface area contributed by atoms with Crippen LogP contribution in [0, 0.1) is 6.92 Å². The van der Waals surface area contributed by atoms with E-state index in [-0.39, 0.29) is 0 Å². The summed E-state index contributed by atoms with van der Waals surface area (Å²) in [6, 6.07) is 6.18. The highest BCUT2D eigenvalue weighted by molar-refractivity contribution is 9.10. The van der Waals surface area contributed by atoms with E-state index in [0.29, 0.717) is 0 Å². The number of benzene rings is 1. The monoisotopic (exact) mass is 264 g/mol. The van der Waals surface area contributed by atoms with Crippen LogP contribution in [0.3, 0.4) is 0 Å². The second-order valence-corrected chi connectivity index (χ2v) is 4.31. The van der Waals surface area contributed by atoms with Crippen molar-refractivity contribution in [3.8, 4) is 0 Å². The molecule has 1 aromatic heterocycles. The molecule has 15 heavy (non-hydrogen) atoms. The zero-order chi connectivity index (χ0) is 10.8. The number of halogens is 1. The molecule has 0 saturated heterocycles. The van der Waals surface area contributed by atoms with Crippen molar-refractivity contribution in [1.29, 1.82) is 0 Å². The number of pyridine rings is 1. The average molecular weight is 265 g/mol. The lowest BCUT2D eigenvalue weighted by atomic mass is 10.1. The van der Waals surface area contributed by atoms with Gasteiger partial charge in [0.05, 0.1) is 5.52 Å². The first-order valence-corrected chi connectivity index (χ1v) is 5.81. The molecule has 3 heteroatoms. The number of aromatic nitrogens is 1. The van der Waals surface area contributed by atoms with E-state index in [9.17, 15) is 0 Å². The van der Waals surface area contributed by atoms with Crippen LogP contribution in [0.1, 0.15) is 12.5 Å². The van der Waals surface area contributed by atoms with Gasteiger partial charge in [-0.3, -0.25) is 4.98 Å². The Labute approximate surface area is 97.8 Å². The lowest BCUT2D eigenvalue weighted by Crippen LogP contribution is -1.98. The average Bonchev–Trinajstić information content (AvgIpc) is 2.25. The van der Waals surface area contributed by atoms with Gasteiger partial charge >= 0.3 is 0 Å². The number of aryl methyl sites for hydroxylation is 1. The third-order valence-corrected chi connectivity index (χ3v) is 3.33. The molecule has 2 rings (SSSR count). The Morgan fingerprint density at radius 1 is 1.33 bits per heavy atom. The van der Waals surface area contributed by atoms with E-state index in [1.165, 1.54) is 10.9 Å². The number of nitrogens with one attached hydrogen (secondary N) is 1. The van der Waals surface area contributed by atoms with Crippen LogP contribution in [0.25, 0.3) is 10.9 Å². The van der Waals surface area contributed by atoms with Gasteiger partial charge < -0.3 is 5.32 Å². The maximum Gasteiger partial charge on any atom is 0.0763 e. The lowest BCUT2D eigenvalue weighted by molar-refractivity contribution is 1.21.